The van der Waals surface area contributed by atoms with Gasteiger partial charge in [-0.05, 0) is 35.6 Å². The van der Waals surface area contributed by atoms with E-state index in [4.69, 9.17) is 4.42 Å². The summed E-state index contributed by atoms with van der Waals surface area (Å²) in [4.78, 5) is 0. The predicted molar refractivity (Wildman–Crippen MR) is 74.3 cm³/mol. The molecular formula is C14H17NOS. The lowest BCUT2D eigenvalue weighted by molar-refractivity contribution is 0.518. The van der Waals surface area contributed by atoms with Crippen LogP contribution in [-0.2, 0) is 12.3 Å². The molecule has 0 bridgehead atoms. The Labute approximate surface area is 106 Å². The zero-order valence-electron chi connectivity index (χ0n) is 9.98. The molecule has 0 spiro atoms. The van der Waals surface area contributed by atoms with E-state index >= 15 is 0 Å². The smallest absolute Gasteiger partial charge is 0.122 e. The number of anilines is 1. The van der Waals surface area contributed by atoms with Crippen molar-refractivity contribution < 1.29 is 4.42 Å². The van der Waals surface area contributed by atoms with Gasteiger partial charge in [-0.1, -0.05) is 19.1 Å². The summed E-state index contributed by atoms with van der Waals surface area (Å²) < 4.78 is 5.27. The highest BCUT2D eigenvalue weighted by molar-refractivity contribution is 7.98. The fourth-order valence-electron chi connectivity index (χ4n) is 1.54. The first-order chi connectivity index (χ1) is 8.38. The number of hydrogen-bond donors (Lipinski definition) is 1. The molecule has 0 amide bonds. The quantitative estimate of drug-likeness (QED) is 0.830. The molecule has 90 valence electrons. The van der Waals surface area contributed by atoms with Gasteiger partial charge in [-0.2, -0.15) is 11.8 Å². The van der Waals surface area contributed by atoms with Gasteiger partial charge < -0.3 is 9.73 Å². The molecule has 1 N–H and O–H groups in total. The van der Waals surface area contributed by atoms with Gasteiger partial charge in [0.25, 0.3) is 0 Å². The van der Waals surface area contributed by atoms with E-state index in [1.807, 2.05) is 23.9 Å². The monoisotopic (exact) mass is 247 g/mol. The van der Waals surface area contributed by atoms with Crippen molar-refractivity contribution in [2.24, 2.45) is 0 Å². The topological polar surface area (TPSA) is 25.2 Å². The summed E-state index contributed by atoms with van der Waals surface area (Å²) in [6, 6.07) is 12.5. The second kappa shape index (κ2) is 6.40. The van der Waals surface area contributed by atoms with Crippen molar-refractivity contribution in [2.45, 2.75) is 19.2 Å². The van der Waals surface area contributed by atoms with Crippen LogP contribution in [0.2, 0.25) is 0 Å². The molecule has 1 aromatic carbocycles. The van der Waals surface area contributed by atoms with Gasteiger partial charge in [-0.25, -0.2) is 0 Å². The molecule has 2 aromatic rings. The lowest BCUT2D eigenvalue weighted by Gasteiger charge is -2.05. The summed E-state index contributed by atoms with van der Waals surface area (Å²) in [6.45, 7) is 2.92. The predicted octanol–water partition coefficient (Wildman–Crippen LogP) is 4.14. The van der Waals surface area contributed by atoms with Gasteiger partial charge in [0.2, 0.25) is 0 Å². The van der Waals surface area contributed by atoms with Crippen LogP contribution < -0.4 is 5.32 Å². The molecule has 0 unspecified atom stereocenters. The summed E-state index contributed by atoms with van der Waals surface area (Å²) in [5.41, 5.74) is 2.51. The molecule has 2 rings (SSSR count). The number of hydrogen-bond acceptors (Lipinski definition) is 3. The van der Waals surface area contributed by atoms with Crippen LogP contribution in [0.5, 0.6) is 0 Å². The number of rotatable bonds is 6. The average molecular weight is 247 g/mol. The Hall–Kier alpha value is -1.35. The molecule has 0 aliphatic rings. The van der Waals surface area contributed by atoms with Gasteiger partial charge in [-0.15, -0.1) is 0 Å². The highest BCUT2D eigenvalue weighted by Crippen LogP contribution is 2.15. The molecule has 0 atom stereocenters. The highest BCUT2D eigenvalue weighted by atomic mass is 32.2. The zero-order valence-corrected chi connectivity index (χ0v) is 10.8. The summed E-state index contributed by atoms with van der Waals surface area (Å²) >= 11 is 1.94. The summed E-state index contributed by atoms with van der Waals surface area (Å²) in [6.07, 6.45) is 1.70. The lowest BCUT2D eigenvalue weighted by atomic mass is 10.2. The van der Waals surface area contributed by atoms with Crippen LogP contribution in [0.3, 0.4) is 0 Å². The van der Waals surface area contributed by atoms with E-state index in [-0.39, 0.29) is 0 Å². The Morgan fingerprint density at radius 2 is 2.00 bits per heavy atom. The van der Waals surface area contributed by atoms with E-state index in [9.17, 15) is 0 Å². The molecule has 0 aliphatic carbocycles. The van der Waals surface area contributed by atoms with Crippen LogP contribution in [0.1, 0.15) is 18.2 Å². The summed E-state index contributed by atoms with van der Waals surface area (Å²) in [5, 5.41) is 3.33. The minimum atomic E-state index is 0.732. The first-order valence-electron chi connectivity index (χ1n) is 5.81. The van der Waals surface area contributed by atoms with E-state index in [2.05, 4.69) is 36.5 Å². The molecule has 2 nitrogen and oxygen atoms in total. The van der Waals surface area contributed by atoms with Crippen molar-refractivity contribution in [3.05, 3.63) is 54.0 Å². The van der Waals surface area contributed by atoms with Crippen molar-refractivity contribution >= 4 is 17.4 Å². The molecule has 17 heavy (non-hydrogen) atoms. The van der Waals surface area contributed by atoms with E-state index < -0.39 is 0 Å². The van der Waals surface area contributed by atoms with Crippen molar-refractivity contribution in [3.8, 4) is 0 Å². The van der Waals surface area contributed by atoms with Gasteiger partial charge >= 0.3 is 0 Å². The van der Waals surface area contributed by atoms with Crippen LogP contribution in [0.25, 0.3) is 0 Å². The van der Waals surface area contributed by atoms with Crippen molar-refractivity contribution in [1.82, 2.24) is 0 Å². The van der Waals surface area contributed by atoms with E-state index in [0.29, 0.717) is 0 Å². The Bertz CT molecular complexity index is 422. The largest absolute Gasteiger partial charge is 0.467 e. The van der Waals surface area contributed by atoms with Gasteiger partial charge in [0.05, 0.1) is 12.8 Å². The van der Waals surface area contributed by atoms with Crippen LogP contribution in [0, 0.1) is 0 Å². The molecule has 1 aromatic heterocycles. The maximum Gasteiger partial charge on any atom is 0.122 e. The molecule has 0 saturated heterocycles. The second-order valence-corrected chi connectivity index (χ2v) is 5.04. The Morgan fingerprint density at radius 1 is 1.18 bits per heavy atom. The van der Waals surface area contributed by atoms with Crippen LogP contribution in [-0.4, -0.2) is 5.75 Å². The molecular weight excluding hydrogens is 230 g/mol. The number of benzene rings is 1. The zero-order chi connectivity index (χ0) is 11.9. The molecule has 0 radical (unpaired) electrons. The number of thioether (sulfide) groups is 1. The van der Waals surface area contributed by atoms with Gasteiger partial charge in [0, 0.05) is 11.4 Å². The SMILES string of the molecule is CCSCc1ccc(NCc2ccco2)cc1. The highest BCUT2D eigenvalue weighted by Gasteiger charge is 1.97. The third-order valence-corrected chi connectivity index (χ3v) is 3.42. The number of furan rings is 1. The van der Waals surface area contributed by atoms with E-state index in [1.54, 1.807) is 6.26 Å². The van der Waals surface area contributed by atoms with Crippen LogP contribution in [0.4, 0.5) is 5.69 Å². The van der Waals surface area contributed by atoms with Crippen molar-refractivity contribution in [2.75, 3.05) is 11.1 Å². The maximum absolute atomic E-state index is 5.27. The van der Waals surface area contributed by atoms with Crippen LogP contribution >= 0.6 is 11.8 Å². The fourth-order valence-corrected chi connectivity index (χ4v) is 2.17. The third-order valence-electron chi connectivity index (χ3n) is 2.47. The minimum absolute atomic E-state index is 0.732. The first-order valence-corrected chi connectivity index (χ1v) is 6.97. The molecule has 0 fully saturated rings. The molecule has 3 heteroatoms. The first kappa shape index (κ1) is 12.1. The average Bonchev–Trinajstić information content (AvgIpc) is 2.88. The van der Waals surface area contributed by atoms with E-state index in [0.717, 1.165) is 23.7 Å². The minimum Gasteiger partial charge on any atom is -0.467 e. The Kier molecular flexibility index (Phi) is 4.56. The molecule has 1 heterocycles. The third kappa shape index (κ3) is 3.86. The lowest BCUT2D eigenvalue weighted by Crippen LogP contribution is -1.97. The van der Waals surface area contributed by atoms with Gasteiger partial charge in [0.1, 0.15) is 5.76 Å². The molecule has 0 aliphatic heterocycles. The van der Waals surface area contributed by atoms with Gasteiger partial charge in [0.15, 0.2) is 0 Å². The van der Waals surface area contributed by atoms with Gasteiger partial charge in [-0.3, -0.25) is 0 Å². The maximum atomic E-state index is 5.27. The van der Waals surface area contributed by atoms with Crippen LogP contribution in [0.15, 0.2) is 47.1 Å². The van der Waals surface area contributed by atoms with E-state index in [1.165, 1.54) is 11.3 Å². The Morgan fingerprint density at radius 3 is 2.65 bits per heavy atom. The normalized spacial score (nSPS) is 10.4. The van der Waals surface area contributed by atoms with Crippen molar-refractivity contribution in [1.29, 1.82) is 0 Å². The van der Waals surface area contributed by atoms with Crippen molar-refractivity contribution in [3.63, 3.8) is 0 Å². The second-order valence-electron chi connectivity index (χ2n) is 3.77. The standard InChI is InChI=1S/C14H17NOS/c1-2-17-11-12-5-7-13(8-6-12)15-10-14-4-3-9-16-14/h3-9,15H,2,10-11H2,1H3. The number of nitrogens with one attached hydrogen (secondary N) is 1. The summed E-state index contributed by atoms with van der Waals surface area (Å²) in [7, 11) is 0. The molecule has 0 saturated carbocycles. The fraction of sp³-hybridized carbons (Fsp3) is 0.286. The Balaban J connectivity index is 1.85. The summed E-state index contributed by atoms with van der Waals surface area (Å²) in [5.74, 6) is 3.21.